The van der Waals surface area contributed by atoms with Gasteiger partial charge in [-0.05, 0) is 32.9 Å². The standard InChI is InChI=1S/C18H22FN3O5/c1-9-6-13(11(3)27-9)17(23)21-22-18(24)20-10(2)12-7-15(25-4)16(26-5)8-14(12)19/h6-8,10H,1-5H3,(H,21,23)(H2,20,22,24)/t10-/m1/s1. The fourth-order valence-corrected chi connectivity index (χ4v) is 2.55. The molecule has 2 rings (SSSR count). The first-order valence-electron chi connectivity index (χ1n) is 8.12. The molecule has 146 valence electrons. The van der Waals surface area contributed by atoms with Gasteiger partial charge in [-0.2, -0.15) is 0 Å². The molecule has 1 heterocycles. The molecule has 1 aromatic heterocycles. The molecule has 0 aliphatic carbocycles. The van der Waals surface area contributed by atoms with Crippen LogP contribution < -0.4 is 25.6 Å². The van der Waals surface area contributed by atoms with Crippen LogP contribution in [0.25, 0.3) is 0 Å². The number of urea groups is 1. The summed E-state index contributed by atoms with van der Waals surface area (Å²) < 4.78 is 29.7. The van der Waals surface area contributed by atoms with Crippen molar-refractivity contribution in [3.05, 3.63) is 46.7 Å². The number of nitrogens with one attached hydrogen (secondary N) is 3. The summed E-state index contributed by atoms with van der Waals surface area (Å²) in [4.78, 5) is 24.0. The smallest absolute Gasteiger partial charge is 0.333 e. The highest BCUT2D eigenvalue weighted by Crippen LogP contribution is 2.32. The van der Waals surface area contributed by atoms with Gasteiger partial charge in [0.1, 0.15) is 17.3 Å². The van der Waals surface area contributed by atoms with Gasteiger partial charge in [0.25, 0.3) is 5.91 Å². The summed E-state index contributed by atoms with van der Waals surface area (Å²) in [6.45, 7) is 4.95. The summed E-state index contributed by atoms with van der Waals surface area (Å²) in [5.74, 6) is 0.515. The van der Waals surface area contributed by atoms with Crippen molar-refractivity contribution in [2.24, 2.45) is 0 Å². The maximum Gasteiger partial charge on any atom is 0.333 e. The van der Waals surface area contributed by atoms with Gasteiger partial charge in [0.15, 0.2) is 11.5 Å². The number of ether oxygens (including phenoxy) is 2. The Morgan fingerprint density at radius 3 is 2.26 bits per heavy atom. The molecule has 3 N–H and O–H groups in total. The Morgan fingerprint density at radius 2 is 1.70 bits per heavy atom. The summed E-state index contributed by atoms with van der Waals surface area (Å²) in [7, 11) is 2.83. The maximum atomic E-state index is 14.2. The zero-order valence-electron chi connectivity index (χ0n) is 15.7. The van der Waals surface area contributed by atoms with Crippen molar-refractivity contribution < 1.29 is 27.9 Å². The lowest BCUT2D eigenvalue weighted by molar-refractivity contribution is 0.0934. The van der Waals surface area contributed by atoms with Gasteiger partial charge in [0.05, 0.1) is 25.8 Å². The lowest BCUT2D eigenvalue weighted by atomic mass is 10.1. The quantitative estimate of drug-likeness (QED) is 0.694. The van der Waals surface area contributed by atoms with Gasteiger partial charge in [0.2, 0.25) is 0 Å². The fourth-order valence-electron chi connectivity index (χ4n) is 2.55. The van der Waals surface area contributed by atoms with Crippen LogP contribution in [0.5, 0.6) is 11.5 Å². The second-order valence-corrected chi connectivity index (χ2v) is 5.83. The van der Waals surface area contributed by atoms with E-state index >= 15 is 0 Å². The third-order valence-corrected chi connectivity index (χ3v) is 3.89. The predicted molar refractivity (Wildman–Crippen MR) is 95.2 cm³/mol. The Morgan fingerprint density at radius 1 is 1.07 bits per heavy atom. The van der Waals surface area contributed by atoms with Gasteiger partial charge in [-0.3, -0.25) is 10.2 Å². The molecule has 9 heteroatoms. The van der Waals surface area contributed by atoms with Crippen LogP contribution in [0.1, 0.15) is 40.4 Å². The number of benzene rings is 1. The topological polar surface area (TPSA) is 102 Å². The lowest BCUT2D eigenvalue weighted by Crippen LogP contribution is -2.47. The number of methoxy groups -OCH3 is 2. The van der Waals surface area contributed by atoms with Crippen molar-refractivity contribution in [1.82, 2.24) is 16.2 Å². The largest absolute Gasteiger partial charge is 0.493 e. The molecule has 0 spiro atoms. The highest BCUT2D eigenvalue weighted by Gasteiger charge is 2.19. The van der Waals surface area contributed by atoms with Crippen molar-refractivity contribution in [3.8, 4) is 11.5 Å². The molecule has 0 bridgehead atoms. The number of aryl methyl sites for hydroxylation is 2. The first kappa shape index (κ1) is 20.1. The summed E-state index contributed by atoms with van der Waals surface area (Å²) in [5, 5.41) is 2.53. The van der Waals surface area contributed by atoms with E-state index in [4.69, 9.17) is 13.9 Å². The van der Waals surface area contributed by atoms with Crippen LogP contribution in [0.2, 0.25) is 0 Å². The SMILES string of the molecule is COc1cc(F)c([C@@H](C)NC(=O)NNC(=O)c2cc(C)oc2C)cc1OC. The molecule has 1 aromatic carbocycles. The first-order valence-corrected chi connectivity index (χ1v) is 8.12. The monoisotopic (exact) mass is 379 g/mol. The number of furan rings is 1. The van der Waals surface area contributed by atoms with Crippen LogP contribution >= 0.6 is 0 Å². The molecule has 0 fully saturated rings. The average Bonchev–Trinajstić information content (AvgIpc) is 2.97. The summed E-state index contributed by atoms with van der Waals surface area (Å²) in [5.41, 5.74) is 5.00. The minimum atomic E-state index is -0.706. The number of rotatable bonds is 5. The molecule has 0 saturated heterocycles. The molecule has 1 atom stereocenters. The van der Waals surface area contributed by atoms with E-state index in [1.54, 1.807) is 26.8 Å². The van der Waals surface area contributed by atoms with E-state index in [0.717, 1.165) is 0 Å². The number of hydrogen-bond donors (Lipinski definition) is 3. The molecule has 0 aliphatic rings. The van der Waals surface area contributed by atoms with Crippen molar-refractivity contribution in [1.29, 1.82) is 0 Å². The van der Waals surface area contributed by atoms with E-state index in [0.29, 0.717) is 22.8 Å². The van der Waals surface area contributed by atoms with E-state index in [2.05, 4.69) is 16.2 Å². The summed E-state index contributed by atoms with van der Waals surface area (Å²) in [6, 6.07) is 2.78. The van der Waals surface area contributed by atoms with Crippen LogP contribution in [-0.4, -0.2) is 26.2 Å². The van der Waals surface area contributed by atoms with Gasteiger partial charge in [-0.15, -0.1) is 0 Å². The minimum Gasteiger partial charge on any atom is -0.493 e. The molecule has 0 unspecified atom stereocenters. The number of halogens is 1. The fraction of sp³-hybridized carbons (Fsp3) is 0.333. The average molecular weight is 379 g/mol. The van der Waals surface area contributed by atoms with E-state index in [9.17, 15) is 14.0 Å². The first-order chi connectivity index (χ1) is 12.8. The maximum absolute atomic E-state index is 14.2. The van der Waals surface area contributed by atoms with Gasteiger partial charge in [-0.25, -0.2) is 14.6 Å². The third-order valence-electron chi connectivity index (χ3n) is 3.89. The highest BCUT2D eigenvalue weighted by atomic mass is 19.1. The van der Waals surface area contributed by atoms with Crippen LogP contribution in [-0.2, 0) is 0 Å². The summed E-state index contributed by atoms with van der Waals surface area (Å²) >= 11 is 0. The zero-order chi connectivity index (χ0) is 20.1. The third kappa shape index (κ3) is 4.69. The van der Waals surface area contributed by atoms with E-state index in [-0.39, 0.29) is 11.3 Å². The Kier molecular flexibility index (Phi) is 6.27. The van der Waals surface area contributed by atoms with Gasteiger partial charge < -0.3 is 19.2 Å². The van der Waals surface area contributed by atoms with E-state index in [1.807, 2.05) is 0 Å². The number of amides is 3. The molecule has 2 aromatic rings. The second kappa shape index (κ2) is 8.43. The number of carbonyl (C=O) groups is 2. The van der Waals surface area contributed by atoms with Crippen molar-refractivity contribution in [2.45, 2.75) is 26.8 Å². The number of hydrogen-bond acceptors (Lipinski definition) is 5. The number of hydrazine groups is 1. The molecule has 0 radical (unpaired) electrons. The van der Waals surface area contributed by atoms with Crippen molar-refractivity contribution >= 4 is 11.9 Å². The van der Waals surface area contributed by atoms with E-state index < -0.39 is 23.8 Å². The van der Waals surface area contributed by atoms with Crippen molar-refractivity contribution in [2.75, 3.05) is 14.2 Å². The lowest BCUT2D eigenvalue weighted by Gasteiger charge is -2.18. The van der Waals surface area contributed by atoms with E-state index in [1.165, 1.54) is 26.4 Å². The Balaban J connectivity index is 1.99. The molecule has 0 saturated carbocycles. The molecule has 27 heavy (non-hydrogen) atoms. The molecular weight excluding hydrogens is 357 g/mol. The molecule has 0 aliphatic heterocycles. The van der Waals surface area contributed by atoms with Crippen LogP contribution in [0, 0.1) is 19.7 Å². The highest BCUT2D eigenvalue weighted by molar-refractivity contribution is 5.96. The van der Waals surface area contributed by atoms with Crippen molar-refractivity contribution in [3.63, 3.8) is 0 Å². The van der Waals surface area contributed by atoms with Crippen LogP contribution in [0.4, 0.5) is 9.18 Å². The minimum absolute atomic E-state index is 0.204. The predicted octanol–water partition coefficient (Wildman–Crippen LogP) is 2.76. The van der Waals surface area contributed by atoms with Crippen LogP contribution in [0.15, 0.2) is 22.6 Å². The zero-order valence-corrected chi connectivity index (χ0v) is 15.7. The Hall–Kier alpha value is -3.23. The molecule has 8 nitrogen and oxygen atoms in total. The Bertz CT molecular complexity index is 850. The Labute approximate surface area is 156 Å². The second-order valence-electron chi connectivity index (χ2n) is 5.83. The molecular formula is C18H22FN3O5. The van der Waals surface area contributed by atoms with Gasteiger partial charge in [-0.1, -0.05) is 0 Å². The van der Waals surface area contributed by atoms with Crippen LogP contribution in [0.3, 0.4) is 0 Å². The summed E-state index contributed by atoms with van der Waals surface area (Å²) in [6.07, 6.45) is 0. The van der Waals surface area contributed by atoms with Gasteiger partial charge >= 0.3 is 6.03 Å². The normalized spacial score (nSPS) is 11.5. The molecule has 3 amide bonds. The van der Waals surface area contributed by atoms with Gasteiger partial charge in [0, 0.05) is 11.6 Å². The number of carbonyl (C=O) groups excluding carboxylic acids is 2.